The quantitative estimate of drug-likeness (QED) is 0.805. The second kappa shape index (κ2) is 6.20. The first kappa shape index (κ1) is 14.8. The summed E-state index contributed by atoms with van der Waals surface area (Å²) in [5.74, 6) is -0.0195. The molecule has 0 spiro atoms. The van der Waals surface area contributed by atoms with E-state index in [0.29, 0.717) is 19.8 Å². The summed E-state index contributed by atoms with van der Waals surface area (Å²) in [6, 6.07) is 0.275. The molecule has 0 aromatic rings. The Kier molecular flexibility index (Phi) is 4.81. The number of hydrogen-bond donors (Lipinski definition) is 1. The second-order valence-electron chi connectivity index (χ2n) is 6.38. The van der Waals surface area contributed by atoms with Crippen LogP contribution in [0.5, 0.6) is 0 Å². The molecule has 2 aliphatic rings. The van der Waals surface area contributed by atoms with Crippen LogP contribution in [0, 0.1) is 0 Å². The number of carbonyl (C=O) groups is 1. The minimum absolute atomic E-state index is 0.0195. The van der Waals surface area contributed by atoms with E-state index < -0.39 is 6.10 Å². The highest BCUT2D eigenvalue weighted by atomic mass is 16.6. The fraction of sp³-hybridized carbons (Fsp3) is 0.929. The predicted molar refractivity (Wildman–Crippen MR) is 73.0 cm³/mol. The van der Waals surface area contributed by atoms with Gasteiger partial charge >= 0.3 is 0 Å². The fourth-order valence-corrected chi connectivity index (χ4v) is 2.63. The van der Waals surface area contributed by atoms with E-state index in [1.165, 1.54) is 0 Å². The molecule has 19 heavy (non-hydrogen) atoms. The maximum atomic E-state index is 12.0. The summed E-state index contributed by atoms with van der Waals surface area (Å²) in [6.07, 6.45) is 1.60. The van der Waals surface area contributed by atoms with Gasteiger partial charge in [-0.05, 0) is 33.6 Å². The van der Waals surface area contributed by atoms with Crippen molar-refractivity contribution >= 4 is 5.91 Å². The summed E-state index contributed by atoms with van der Waals surface area (Å²) >= 11 is 0. The Hall–Kier alpha value is -0.650. The van der Waals surface area contributed by atoms with Crippen LogP contribution in [0.2, 0.25) is 0 Å². The molecule has 2 aliphatic heterocycles. The van der Waals surface area contributed by atoms with Crippen molar-refractivity contribution in [3.8, 4) is 0 Å². The molecule has 2 rings (SSSR count). The van der Waals surface area contributed by atoms with Crippen LogP contribution in [0.1, 0.15) is 33.6 Å². The van der Waals surface area contributed by atoms with Gasteiger partial charge in [0.15, 0.2) is 6.10 Å². The van der Waals surface area contributed by atoms with Crippen molar-refractivity contribution in [2.45, 2.75) is 51.3 Å². The number of piperidine rings is 1. The molecule has 2 heterocycles. The molecule has 0 aromatic carbocycles. The molecule has 0 bridgehead atoms. The van der Waals surface area contributed by atoms with Crippen LogP contribution in [0.3, 0.4) is 0 Å². The Morgan fingerprint density at radius 2 is 1.89 bits per heavy atom. The maximum Gasteiger partial charge on any atom is 0.251 e. The molecule has 2 fully saturated rings. The molecule has 0 aliphatic carbocycles. The normalized spacial score (nSPS) is 27.2. The zero-order chi connectivity index (χ0) is 13.9. The van der Waals surface area contributed by atoms with Gasteiger partial charge < -0.3 is 14.8 Å². The molecule has 0 radical (unpaired) electrons. The molecular weight excluding hydrogens is 244 g/mol. The Balaban J connectivity index is 1.74. The van der Waals surface area contributed by atoms with E-state index in [0.717, 1.165) is 25.9 Å². The van der Waals surface area contributed by atoms with Gasteiger partial charge in [0.2, 0.25) is 0 Å². The smallest absolute Gasteiger partial charge is 0.251 e. The fourth-order valence-electron chi connectivity index (χ4n) is 2.63. The Morgan fingerprint density at radius 1 is 1.21 bits per heavy atom. The van der Waals surface area contributed by atoms with Crippen molar-refractivity contribution in [3.05, 3.63) is 0 Å². The van der Waals surface area contributed by atoms with Crippen LogP contribution in [-0.2, 0) is 14.3 Å². The standard InChI is InChI=1S/C14H26N2O3/c1-14(2,3)16-6-4-11(5-7-16)15-13(17)12-10-18-8-9-19-12/h11-12H,4-10H2,1-3H3,(H,15,17). The van der Waals surface area contributed by atoms with Gasteiger partial charge in [0, 0.05) is 24.7 Å². The summed E-state index contributed by atoms with van der Waals surface area (Å²) in [7, 11) is 0. The second-order valence-corrected chi connectivity index (χ2v) is 6.38. The van der Waals surface area contributed by atoms with Gasteiger partial charge in [0.05, 0.1) is 19.8 Å². The van der Waals surface area contributed by atoms with Crippen LogP contribution >= 0.6 is 0 Å². The van der Waals surface area contributed by atoms with E-state index in [1.54, 1.807) is 0 Å². The Bertz CT molecular complexity index is 300. The van der Waals surface area contributed by atoms with Gasteiger partial charge in [-0.3, -0.25) is 9.69 Å². The molecule has 2 saturated heterocycles. The van der Waals surface area contributed by atoms with Gasteiger partial charge in [0.25, 0.3) is 5.91 Å². The predicted octanol–water partition coefficient (Wildman–Crippen LogP) is 0.781. The highest BCUT2D eigenvalue weighted by molar-refractivity contribution is 5.81. The third kappa shape index (κ3) is 4.16. The van der Waals surface area contributed by atoms with E-state index >= 15 is 0 Å². The molecule has 1 atom stereocenters. The largest absolute Gasteiger partial charge is 0.376 e. The van der Waals surface area contributed by atoms with Gasteiger partial charge in [-0.2, -0.15) is 0 Å². The van der Waals surface area contributed by atoms with Crippen molar-refractivity contribution in [1.29, 1.82) is 0 Å². The summed E-state index contributed by atoms with van der Waals surface area (Å²) < 4.78 is 10.7. The van der Waals surface area contributed by atoms with Crippen molar-refractivity contribution in [2.75, 3.05) is 32.9 Å². The van der Waals surface area contributed by atoms with Gasteiger partial charge in [-0.15, -0.1) is 0 Å². The lowest BCUT2D eigenvalue weighted by atomic mass is 9.98. The zero-order valence-corrected chi connectivity index (χ0v) is 12.3. The highest BCUT2D eigenvalue weighted by Gasteiger charge is 2.29. The SMILES string of the molecule is CC(C)(C)N1CCC(NC(=O)C2COCCO2)CC1. The van der Waals surface area contributed by atoms with E-state index in [1.807, 2.05) is 0 Å². The average Bonchev–Trinajstić information content (AvgIpc) is 2.39. The van der Waals surface area contributed by atoms with E-state index in [-0.39, 0.29) is 17.5 Å². The molecule has 1 unspecified atom stereocenters. The number of carbonyl (C=O) groups excluding carboxylic acids is 1. The van der Waals surface area contributed by atoms with Gasteiger partial charge in [-0.25, -0.2) is 0 Å². The van der Waals surface area contributed by atoms with Crippen molar-refractivity contribution in [3.63, 3.8) is 0 Å². The molecule has 5 nitrogen and oxygen atoms in total. The summed E-state index contributed by atoms with van der Waals surface area (Å²) in [6.45, 7) is 10.3. The molecule has 110 valence electrons. The third-order valence-electron chi connectivity index (χ3n) is 3.90. The topological polar surface area (TPSA) is 50.8 Å². The average molecular weight is 270 g/mol. The zero-order valence-electron chi connectivity index (χ0n) is 12.3. The van der Waals surface area contributed by atoms with E-state index in [2.05, 4.69) is 31.0 Å². The lowest BCUT2D eigenvalue weighted by Crippen LogP contribution is -2.53. The number of nitrogens with one attached hydrogen (secondary N) is 1. The monoisotopic (exact) mass is 270 g/mol. The number of hydrogen-bond acceptors (Lipinski definition) is 4. The minimum atomic E-state index is -0.422. The van der Waals surface area contributed by atoms with Crippen LogP contribution < -0.4 is 5.32 Å². The molecule has 0 saturated carbocycles. The van der Waals surface area contributed by atoms with Crippen molar-refractivity contribution < 1.29 is 14.3 Å². The van der Waals surface area contributed by atoms with Crippen LogP contribution in [0.4, 0.5) is 0 Å². The van der Waals surface area contributed by atoms with Gasteiger partial charge in [0.1, 0.15) is 0 Å². The Morgan fingerprint density at radius 3 is 2.42 bits per heavy atom. The lowest BCUT2D eigenvalue weighted by Gasteiger charge is -2.41. The summed E-state index contributed by atoms with van der Waals surface area (Å²) in [5.41, 5.74) is 0.218. The van der Waals surface area contributed by atoms with Crippen LogP contribution in [-0.4, -0.2) is 61.4 Å². The summed E-state index contributed by atoms with van der Waals surface area (Å²) in [4.78, 5) is 14.5. The molecule has 5 heteroatoms. The minimum Gasteiger partial charge on any atom is -0.376 e. The molecule has 1 N–H and O–H groups in total. The van der Waals surface area contributed by atoms with Gasteiger partial charge in [-0.1, -0.05) is 0 Å². The van der Waals surface area contributed by atoms with Crippen LogP contribution in [0.25, 0.3) is 0 Å². The third-order valence-corrected chi connectivity index (χ3v) is 3.90. The molecular formula is C14H26N2O3. The molecule has 0 aromatic heterocycles. The maximum absolute atomic E-state index is 12.0. The number of rotatable bonds is 2. The van der Waals surface area contributed by atoms with Crippen molar-refractivity contribution in [1.82, 2.24) is 10.2 Å². The van der Waals surface area contributed by atoms with E-state index in [4.69, 9.17) is 9.47 Å². The van der Waals surface area contributed by atoms with Crippen molar-refractivity contribution in [2.24, 2.45) is 0 Å². The first-order valence-electron chi connectivity index (χ1n) is 7.21. The number of nitrogens with zero attached hydrogens (tertiary/aromatic N) is 1. The highest BCUT2D eigenvalue weighted by Crippen LogP contribution is 2.20. The molecule has 1 amide bonds. The first-order valence-corrected chi connectivity index (χ1v) is 7.21. The number of likely N-dealkylation sites (tertiary alicyclic amines) is 1. The van der Waals surface area contributed by atoms with Crippen LogP contribution in [0.15, 0.2) is 0 Å². The number of amides is 1. The lowest BCUT2D eigenvalue weighted by molar-refractivity contribution is -0.148. The van der Waals surface area contributed by atoms with E-state index in [9.17, 15) is 4.79 Å². The summed E-state index contributed by atoms with van der Waals surface area (Å²) in [5, 5.41) is 3.09. The number of ether oxygens (including phenoxy) is 2. The first-order chi connectivity index (χ1) is 8.97. The Labute approximate surface area is 115 Å².